The number of hydrogen-bond donors (Lipinski definition) is 3. The molecule has 0 saturated carbocycles. The van der Waals surface area contributed by atoms with Crippen molar-refractivity contribution < 1.29 is 72.5 Å². The molecule has 7 atom stereocenters. The number of ether oxygens (including phenoxy) is 6. The lowest BCUT2D eigenvalue weighted by Crippen LogP contribution is -2.35. The van der Waals surface area contributed by atoms with Crippen LogP contribution in [-0.2, 0) is 57.2 Å². The second kappa shape index (κ2) is 41.3. The van der Waals surface area contributed by atoms with Crippen LogP contribution < -0.4 is 0 Å². The Bertz CT molecular complexity index is 1540. The minimum atomic E-state index is -1.18. The van der Waals surface area contributed by atoms with E-state index in [4.69, 9.17) is 28.4 Å². The van der Waals surface area contributed by atoms with Crippen LogP contribution in [0.1, 0.15) is 137 Å². The van der Waals surface area contributed by atoms with E-state index in [0.29, 0.717) is 25.8 Å². The molecule has 0 fully saturated rings. The third kappa shape index (κ3) is 35.7. The van der Waals surface area contributed by atoms with Gasteiger partial charge in [0.05, 0.1) is 57.5 Å². The van der Waals surface area contributed by atoms with Crippen molar-refractivity contribution in [3.63, 3.8) is 0 Å². The number of nitrogens with zero attached hydrogens (tertiary/aromatic N) is 3. The van der Waals surface area contributed by atoms with Crippen LogP contribution in [0.4, 0.5) is 0 Å². The highest BCUT2D eigenvalue weighted by molar-refractivity contribution is 5.74. The molecule has 0 amide bonds. The van der Waals surface area contributed by atoms with Gasteiger partial charge in [0, 0.05) is 0 Å². The monoisotopic (exact) mass is 997 g/mol. The summed E-state index contributed by atoms with van der Waals surface area (Å²) >= 11 is 0. The molecule has 0 aromatic rings. The molecule has 0 aromatic carbocycles. The smallest absolute Gasteiger partial charge is 0.323 e. The third-order valence-electron chi connectivity index (χ3n) is 10.7. The van der Waals surface area contributed by atoms with E-state index in [1.165, 1.54) is 18.2 Å². The molecule has 18 heteroatoms. The topological polar surface area (TPSA) is 228 Å². The summed E-state index contributed by atoms with van der Waals surface area (Å²) in [6, 6.07) is 0. The highest BCUT2D eigenvalue weighted by Gasteiger charge is 2.30. The van der Waals surface area contributed by atoms with Crippen LogP contribution in [0.25, 0.3) is 0 Å². The number of hydrogen-bond acceptors (Lipinski definition) is 18. The summed E-state index contributed by atoms with van der Waals surface area (Å²) in [5.41, 5.74) is 0. The van der Waals surface area contributed by atoms with Gasteiger partial charge < -0.3 is 43.7 Å². The Kier molecular flexibility index (Phi) is 38.7. The Balaban J connectivity index is 5.72. The number of unbranched alkanes of at least 4 members (excludes halogenated alkanes) is 6. The van der Waals surface area contributed by atoms with Gasteiger partial charge in [-0.15, -0.1) is 0 Å². The molecule has 0 rings (SSSR count). The molecular formula is C52H90N3O15+. The van der Waals surface area contributed by atoms with Gasteiger partial charge in [0.15, 0.2) is 6.10 Å². The summed E-state index contributed by atoms with van der Waals surface area (Å²) in [5, 5.41) is 32.6. The van der Waals surface area contributed by atoms with Gasteiger partial charge >= 0.3 is 35.8 Å². The summed E-state index contributed by atoms with van der Waals surface area (Å²) < 4.78 is 33.0. The first-order chi connectivity index (χ1) is 33.3. The van der Waals surface area contributed by atoms with Crippen molar-refractivity contribution in [2.75, 3.05) is 74.6 Å². The first-order valence-corrected chi connectivity index (χ1v) is 25.2. The second-order valence-corrected chi connectivity index (χ2v) is 18.1. The van der Waals surface area contributed by atoms with Crippen molar-refractivity contribution in [2.45, 2.75) is 180 Å². The maximum Gasteiger partial charge on any atom is 0.323 e. The fourth-order valence-electron chi connectivity index (χ4n) is 6.59. The fraction of sp³-hybridized carbons (Fsp3) is 0.750. The number of likely N-dealkylation sites (N-methyl/N-ethyl adjacent to an activating group) is 3. The lowest BCUT2D eigenvalue weighted by atomic mass is 10.0. The average Bonchev–Trinajstić information content (AvgIpc) is 3.29. The number of rotatable bonds is 42. The predicted molar refractivity (Wildman–Crippen MR) is 267 cm³/mol. The van der Waals surface area contributed by atoms with Crippen molar-refractivity contribution >= 4 is 35.8 Å². The van der Waals surface area contributed by atoms with E-state index in [-0.39, 0.29) is 58.2 Å². The van der Waals surface area contributed by atoms with Gasteiger partial charge in [0.25, 0.3) is 6.10 Å². The standard InChI is InChI=1S/C52H90N3O15/c1-10-14-17-29-44(68-50(62)35-53(5)6)41(56)26-20-23-32-47(59)65-38-40(67-49(61)34-25-22-28-42(57)45(30-18-15-11-2)69-51(63)36-54(7)8)39-66-48(60)33-24-21-27-43(58)46(31-19-16-12-3)70-52(64)37-55(9)13-4/h20-25,30,40-46,56-58H,10-19,26-29,31-39H2,1-9H3/q+1/b23-20+,24-21+,25-22+. The summed E-state index contributed by atoms with van der Waals surface area (Å²) in [5.74, 6) is -3.45. The van der Waals surface area contributed by atoms with E-state index >= 15 is 0 Å². The summed E-state index contributed by atoms with van der Waals surface area (Å²) in [6.07, 6.45) is 13.0. The van der Waals surface area contributed by atoms with Crippen LogP contribution in [0.2, 0.25) is 0 Å². The largest absolute Gasteiger partial charge is 0.461 e. The molecule has 0 aliphatic carbocycles. The van der Waals surface area contributed by atoms with Crippen molar-refractivity contribution in [3.8, 4) is 0 Å². The Labute approximate surface area is 419 Å². The molecule has 0 heterocycles. The first-order valence-electron chi connectivity index (χ1n) is 25.2. The SMILES string of the molecule is CCCC[CH+]C(OC(=O)CN(C)C)C(O)C/C=C/CC(=O)OC(COC(=O)C/C=C/CC(O)C(CCCCC)OC(=O)CN(C)C)COC(=O)C/C=C/CC(O)C(CCCCC)OC(=O)CN(C)CC. The molecule has 3 N–H and O–H groups in total. The number of carbonyl (C=O) groups excluding carboxylic acids is 6. The molecule has 0 aliphatic rings. The van der Waals surface area contributed by atoms with Crippen LogP contribution in [0.3, 0.4) is 0 Å². The van der Waals surface area contributed by atoms with Crippen LogP contribution in [0.5, 0.6) is 0 Å². The van der Waals surface area contributed by atoms with Gasteiger partial charge in [-0.3, -0.25) is 43.5 Å². The lowest BCUT2D eigenvalue weighted by Gasteiger charge is -2.24. The molecule has 0 bridgehead atoms. The Morgan fingerprint density at radius 1 is 0.486 bits per heavy atom. The van der Waals surface area contributed by atoms with Crippen molar-refractivity contribution in [2.24, 2.45) is 0 Å². The first kappa shape index (κ1) is 65.7. The van der Waals surface area contributed by atoms with E-state index in [0.717, 1.165) is 51.4 Å². The maximum absolute atomic E-state index is 13.0. The highest BCUT2D eigenvalue weighted by Crippen LogP contribution is 2.17. The van der Waals surface area contributed by atoms with E-state index in [2.05, 4.69) is 13.8 Å². The Morgan fingerprint density at radius 3 is 1.33 bits per heavy atom. The Morgan fingerprint density at radius 2 is 0.900 bits per heavy atom. The highest BCUT2D eigenvalue weighted by atomic mass is 16.6. The molecule has 0 saturated heterocycles. The molecule has 18 nitrogen and oxygen atoms in total. The number of carbonyl (C=O) groups is 6. The van der Waals surface area contributed by atoms with E-state index in [9.17, 15) is 44.1 Å². The van der Waals surface area contributed by atoms with Gasteiger partial charge in [-0.05, 0) is 93.1 Å². The molecule has 0 radical (unpaired) electrons. The number of esters is 6. The predicted octanol–water partition coefficient (Wildman–Crippen LogP) is 5.44. The van der Waals surface area contributed by atoms with Crippen molar-refractivity contribution in [1.29, 1.82) is 0 Å². The normalized spacial score (nSPS) is 14.9. The molecule has 402 valence electrons. The zero-order valence-electron chi connectivity index (χ0n) is 43.9. The minimum Gasteiger partial charge on any atom is -0.461 e. The summed E-state index contributed by atoms with van der Waals surface area (Å²) in [7, 11) is 8.76. The molecule has 7 unspecified atom stereocenters. The van der Waals surface area contributed by atoms with Gasteiger partial charge in [0.1, 0.15) is 37.9 Å². The van der Waals surface area contributed by atoms with E-state index in [1.54, 1.807) is 74.6 Å². The maximum atomic E-state index is 13.0. The van der Waals surface area contributed by atoms with Crippen molar-refractivity contribution in [1.82, 2.24) is 14.7 Å². The number of aliphatic hydroxyl groups excluding tert-OH is 3. The van der Waals surface area contributed by atoms with Crippen LogP contribution in [-0.4, -0.2) is 183 Å². The molecule has 0 aliphatic heterocycles. The van der Waals surface area contributed by atoms with Gasteiger partial charge in [-0.2, -0.15) is 0 Å². The fourth-order valence-corrected chi connectivity index (χ4v) is 6.59. The summed E-state index contributed by atoms with van der Waals surface area (Å²) in [6.45, 7) is 8.06. The summed E-state index contributed by atoms with van der Waals surface area (Å²) in [4.78, 5) is 80.9. The second-order valence-electron chi connectivity index (χ2n) is 18.1. The molecule has 70 heavy (non-hydrogen) atoms. The molecular weight excluding hydrogens is 907 g/mol. The van der Waals surface area contributed by atoms with Crippen LogP contribution in [0, 0.1) is 6.42 Å². The zero-order chi connectivity index (χ0) is 52.7. The van der Waals surface area contributed by atoms with Crippen LogP contribution in [0.15, 0.2) is 36.5 Å². The third-order valence-corrected chi connectivity index (χ3v) is 10.7. The quantitative estimate of drug-likeness (QED) is 0.0227. The van der Waals surface area contributed by atoms with Crippen LogP contribution >= 0.6 is 0 Å². The van der Waals surface area contributed by atoms with Gasteiger partial charge in [0.2, 0.25) is 0 Å². The van der Waals surface area contributed by atoms with Gasteiger partial charge in [-0.25, -0.2) is 0 Å². The lowest BCUT2D eigenvalue weighted by molar-refractivity contribution is -0.165. The average molecular weight is 997 g/mol. The Hall–Kier alpha value is -4.33. The molecule has 0 aromatic heterocycles. The van der Waals surface area contributed by atoms with E-state index < -0.39 is 91.8 Å². The van der Waals surface area contributed by atoms with Gasteiger partial charge in [-0.1, -0.05) is 96.3 Å². The van der Waals surface area contributed by atoms with E-state index in [1.807, 2.05) is 13.8 Å². The number of aliphatic hydroxyl groups is 3. The zero-order valence-corrected chi connectivity index (χ0v) is 43.9. The molecule has 0 spiro atoms. The minimum absolute atomic E-state index is 0.0501. The van der Waals surface area contributed by atoms with Crippen molar-refractivity contribution in [3.05, 3.63) is 42.9 Å².